The van der Waals surface area contributed by atoms with Gasteiger partial charge >= 0.3 is 5.97 Å². The van der Waals surface area contributed by atoms with E-state index >= 15 is 0 Å². The summed E-state index contributed by atoms with van der Waals surface area (Å²) in [6, 6.07) is 7.06. The molecule has 0 amide bonds. The Balaban J connectivity index is 2.06. The monoisotopic (exact) mass is 261 g/mol. The van der Waals surface area contributed by atoms with Gasteiger partial charge in [0.15, 0.2) is 0 Å². The number of methoxy groups -OCH3 is 1. The number of aryl methyl sites for hydroxylation is 2. The highest BCUT2D eigenvalue weighted by molar-refractivity contribution is 5.71. The van der Waals surface area contributed by atoms with Gasteiger partial charge in [0, 0.05) is 12.6 Å². The average molecular weight is 261 g/mol. The van der Waals surface area contributed by atoms with Gasteiger partial charge in [-0.25, -0.2) is 0 Å². The lowest BCUT2D eigenvalue weighted by atomic mass is 10.1. The van der Waals surface area contributed by atoms with Crippen LogP contribution in [0.1, 0.15) is 37.0 Å². The smallest absolute Gasteiger partial charge is 0.319 e. The molecule has 0 N–H and O–H groups in total. The van der Waals surface area contributed by atoms with Gasteiger partial charge in [-0.1, -0.05) is 18.2 Å². The maximum atomic E-state index is 11.4. The fourth-order valence-electron chi connectivity index (χ4n) is 2.61. The van der Waals surface area contributed by atoms with Crippen LogP contribution in [0.25, 0.3) is 0 Å². The zero-order valence-corrected chi connectivity index (χ0v) is 12.1. The third kappa shape index (κ3) is 3.57. The maximum Gasteiger partial charge on any atom is 0.319 e. The summed E-state index contributed by atoms with van der Waals surface area (Å²) in [5, 5.41) is 0. The van der Waals surface area contributed by atoms with Crippen molar-refractivity contribution < 1.29 is 9.53 Å². The van der Waals surface area contributed by atoms with E-state index in [1.54, 1.807) is 0 Å². The normalized spacial score (nSPS) is 13.9. The molecule has 1 aromatic rings. The SMILES string of the molecule is COC(=O)CN(Cc1ccc2c(c1)CCC2)C(C)C. The highest BCUT2D eigenvalue weighted by Crippen LogP contribution is 2.23. The Labute approximate surface area is 115 Å². The first-order valence-corrected chi connectivity index (χ1v) is 7.01. The van der Waals surface area contributed by atoms with Gasteiger partial charge in [-0.3, -0.25) is 9.69 Å². The highest BCUT2D eigenvalue weighted by Gasteiger charge is 2.16. The second-order valence-electron chi connectivity index (χ2n) is 5.53. The Hall–Kier alpha value is -1.35. The van der Waals surface area contributed by atoms with Gasteiger partial charge in [0.05, 0.1) is 13.7 Å². The van der Waals surface area contributed by atoms with Crippen molar-refractivity contribution in [2.24, 2.45) is 0 Å². The maximum absolute atomic E-state index is 11.4. The van der Waals surface area contributed by atoms with Gasteiger partial charge in [0.1, 0.15) is 0 Å². The summed E-state index contributed by atoms with van der Waals surface area (Å²) < 4.78 is 4.76. The summed E-state index contributed by atoms with van der Waals surface area (Å²) in [6.45, 7) is 5.37. The first-order valence-electron chi connectivity index (χ1n) is 7.01. The number of ether oxygens (including phenoxy) is 1. The summed E-state index contributed by atoms with van der Waals surface area (Å²) >= 11 is 0. The summed E-state index contributed by atoms with van der Waals surface area (Å²) in [7, 11) is 1.44. The molecule has 0 saturated heterocycles. The molecule has 0 saturated carbocycles. The van der Waals surface area contributed by atoms with Crippen LogP contribution in [0.2, 0.25) is 0 Å². The molecule has 3 heteroatoms. The van der Waals surface area contributed by atoms with Crippen molar-refractivity contribution in [2.75, 3.05) is 13.7 Å². The number of benzene rings is 1. The fourth-order valence-corrected chi connectivity index (χ4v) is 2.61. The van der Waals surface area contributed by atoms with E-state index < -0.39 is 0 Å². The van der Waals surface area contributed by atoms with E-state index in [0.717, 1.165) is 6.54 Å². The van der Waals surface area contributed by atoms with Crippen molar-refractivity contribution in [3.05, 3.63) is 34.9 Å². The summed E-state index contributed by atoms with van der Waals surface area (Å²) in [6.07, 6.45) is 3.68. The van der Waals surface area contributed by atoms with Gasteiger partial charge in [-0.05, 0) is 49.8 Å². The highest BCUT2D eigenvalue weighted by atomic mass is 16.5. The van der Waals surface area contributed by atoms with Crippen LogP contribution in [-0.4, -0.2) is 30.6 Å². The van der Waals surface area contributed by atoms with Gasteiger partial charge in [-0.2, -0.15) is 0 Å². The quantitative estimate of drug-likeness (QED) is 0.763. The molecule has 0 atom stereocenters. The van der Waals surface area contributed by atoms with E-state index in [-0.39, 0.29) is 5.97 Å². The molecule has 2 rings (SSSR count). The molecule has 0 radical (unpaired) electrons. The third-order valence-corrected chi connectivity index (χ3v) is 3.84. The first kappa shape index (κ1) is 14.1. The van der Waals surface area contributed by atoms with Crippen molar-refractivity contribution in [3.63, 3.8) is 0 Å². The predicted octanol–water partition coefficient (Wildman–Crippen LogP) is 2.56. The van der Waals surface area contributed by atoms with Gasteiger partial charge < -0.3 is 4.74 Å². The van der Waals surface area contributed by atoms with Crippen LogP contribution in [0, 0.1) is 0 Å². The number of rotatable bonds is 5. The second-order valence-corrected chi connectivity index (χ2v) is 5.53. The van der Waals surface area contributed by atoms with Crippen LogP contribution in [0.15, 0.2) is 18.2 Å². The Bertz CT molecular complexity index is 454. The molecular formula is C16H23NO2. The largest absolute Gasteiger partial charge is 0.468 e. The number of hydrogen-bond donors (Lipinski definition) is 0. The van der Waals surface area contributed by atoms with Crippen LogP contribution in [0.4, 0.5) is 0 Å². The Kier molecular flexibility index (Phi) is 4.59. The summed E-state index contributed by atoms with van der Waals surface area (Å²) in [5.41, 5.74) is 4.27. The Morgan fingerprint density at radius 1 is 1.32 bits per heavy atom. The molecule has 0 aliphatic heterocycles. The number of carbonyl (C=O) groups excluding carboxylic acids is 1. The van der Waals surface area contributed by atoms with E-state index in [1.165, 1.54) is 43.1 Å². The van der Waals surface area contributed by atoms with E-state index in [0.29, 0.717) is 12.6 Å². The average Bonchev–Trinajstić information content (AvgIpc) is 2.85. The number of fused-ring (bicyclic) bond motifs is 1. The lowest BCUT2D eigenvalue weighted by Crippen LogP contribution is -2.35. The molecule has 0 fully saturated rings. The first-order chi connectivity index (χ1) is 9.10. The van der Waals surface area contributed by atoms with Crippen LogP contribution >= 0.6 is 0 Å². The molecule has 0 aromatic heterocycles. The second kappa shape index (κ2) is 6.20. The van der Waals surface area contributed by atoms with Gasteiger partial charge in [0.25, 0.3) is 0 Å². The fraction of sp³-hybridized carbons (Fsp3) is 0.562. The van der Waals surface area contributed by atoms with Gasteiger partial charge in [-0.15, -0.1) is 0 Å². The molecule has 0 unspecified atom stereocenters. The van der Waals surface area contributed by atoms with E-state index in [4.69, 9.17) is 4.74 Å². The summed E-state index contributed by atoms with van der Waals surface area (Å²) in [4.78, 5) is 13.6. The van der Waals surface area contributed by atoms with Crippen molar-refractivity contribution >= 4 is 5.97 Å². The minimum Gasteiger partial charge on any atom is -0.468 e. The minimum absolute atomic E-state index is 0.171. The predicted molar refractivity (Wildman–Crippen MR) is 76.0 cm³/mol. The molecule has 0 spiro atoms. The number of nitrogens with zero attached hydrogens (tertiary/aromatic N) is 1. The molecule has 1 aromatic carbocycles. The molecule has 104 valence electrons. The molecule has 1 aliphatic rings. The van der Waals surface area contributed by atoms with Crippen molar-refractivity contribution in [3.8, 4) is 0 Å². The topological polar surface area (TPSA) is 29.5 Å². The van der Waals surface area contributed by atoms with Crippen molar-refractivity contribution in [1.29, 1.82) is 0 Å². The molecular weight excluding hydrogens is 238 g/mol. The van der Waals surface area contributed by atoms with E-state index in [1.807, 2.05) is 0 Å². The van der Waals surface area contributed by atoms with Crippen molar-refractivity contribution in [2.45, 2.75) is 45.7 Å². The molecule has 3 nitrogen and oxygen atoms in total. The molecule has 0 heterocycles. The summed E-state index contributed by atoms with van der Waals surface area (Å²) in [5.74, 6) is -0.171. The van der Waals surface area contributed by atoms with Crippen molar-refractivity contribution in [1.82, 2.24) is 4.90 Å². The number of hydrogen-bond acceptors (Lipinski definition) is 3. The van der Waals surface area contributed by atoms with Crippen LogP contribution in [0.3, 0.4) is 0 Å². The van der Waals surface area contributed by atoms with E-state index in [9.17, 15) is 4.79 Å². The van der Waals surface area contributed by atoms with E-state index in [2.05, 4.69) is 36.9 Å². The molecule has 0 bridgehead atoms. The van der Waals surface area contributed by atoms with Crippen LogP contribution in [0.5, 0.6) is 0 Å². The third-order valence-electron chi connectivity index (χ3n) is 3.84. The lowest BCUT2D eigenvalue weighted by molar-refractivity contribution is -0.142. The molecule has 19 heavy (non-hydrogen) atoms. The Morgan fingerprint density at radius 2 is 2.05 bits per heavy atom. The Morgan fingerprint density at radius 3 is 2.74 bits per heavy atom. The van der Waals surface area contributed by atoms with Crippen LogP contribution in [-0.2, 0) is 28.9 Å². The number of esters is 1. The molecule has 1 aliphatic carbocycles. The lowest BCUT2D eigenvalue weighted by Gasteiger charge is -2.25. The van der Waals surface area contributed by atoms with Gasteiger partial charge in [0.2, 0.25) is 0 Å². The number of carbonyl (C=O) groups is 1. The zero-order chi connectivity index (χ0) is 13.8. The standard InChI is InChI=1S/C16H23NO2/c1-12(2)17(11-16(18)19-3)10-13-7-8-14-5-4-6-15(14)9-13/h7-9,12H,4-6,10-11H2,1-3H3. The van der Waals surface area contributed by atoms with Crippen LogP contribution < -0.4 is 0 Å². The minimum atomic E-state index is -0.171. The zero-order valence-electron chi connectivity index (χ0n) is 12.1.